The summed E-state index contributed by atoms with van der Waals surface area (Å²) in [5.41, 5.74) is 1.72. The minimum Gasteiger partial charge on any atom is -0.223 e. The molecule has 1 aliphatic heterocycles. The third-order valence-corrected chi connectivity index (χ3v) is 9.73. The highest BCUT2D eigenvalue weighted by atomic mass is 32.2. The molecule has 162 valence electrons. The zero-order valence-corrected chi connectivity index (χ0v) is 18.3. The van der Waals surface area contributed by atoms with Gasteiger partial charge in [0.05, 0.1) is 15.0 Å². The molecule has 0 bridgehead atoms. The van der Waals surface area contributed by atoms with Crippen LogP contribution in [-0.4, -0.2) is 39.5 Å². The van der Waals surface area contributed by atoms with E-state index >= 15 is 0 Å². The van der Waals surface area contributed by atoms with E-state index in [9.17, 15) is 21.2 Å². The second-order valence-electron chi connectivity index (χ2n) is 7.50. The van der Waals surface area contributed by atoms with Crippen molar-refractivity contribution in [3.63, 3.8) is 0 Å². The number of benzene rings is 3. The van der Waals surface area contributed by atoms with Crippen LogP contribution < -0.4 is 0 Å². The van der Waals surface area contributed by atoms with Crippen molar-refractivity contribution >= 4 is 19.9 Å². The molecule has 0 aliphatic carbocycles. The van der Waals surface area contributed by atoms with E-state index in [1.54, 1.807) is 18.2 Å². The zero-order valence-electron chi connectivity index (χ0n) is 16.7. The Bertz CT molecular complexity index is 1270. The molecular formula is C23H22FNO4S2. The van der Waals surface area contributed by atoms with E-state index in [1.807, 2.05) is 36.4 Å². The largest absolute Gasteiger partial charge is 0.243 e. The van der Waals surface area contributed by atoms with Gasteiger partial charge in [0.1, 0.15) is 5.82 Å². The lowest BCUT2D eigenvalue weighted by Gasteiger charge is -2.31. The molecule has 0 N–H and O–H groups in total. The van der Waals surface area contributed by atoms with E-state index < -0.39 is 30.9 Å². The number of rotatable bonds is 5. The molecule has 0 spiro atoms. The van der Waals surface area contributed by atoms with Gasteiger partial charge >= 0.3 is 0 Å². The summed E-state index contributed by atoms with van der Waals surface area (Å²) in [7, 11) is -7.39. The van der Waals surface area contributed by atoms with E-state index in [2.05, 4.69) is 0 Å². The number of nitrogens with zero attached hydrogens (tertiary/aromatic N) is 1. The van der Waals surface area contributed by atoms with Crippen LogP contribution in [0, 0.1) is 5.82 Å². The van der Waals surface area contributed by atoms with Crippen LogP contribution in [0.4, 0.5) is 4.39 Å². The van der Waals surface area contributed by atoms with Gasteiger partial charge in [-0.05, 0) is 60.4 Å². The lowest BCUT2D eigenvalue weighted by Crippen LogP contribution is -2.42. The number of hydrogen-bond acceptors (Lipinski definition) is 4. The molecule has 8 heteroatoms. The van der Waals surface area contributed by atoms with E-state index in [0.29, 0.717) is 0 Å². The quantitative estimate of drug-likeness (QED) is 0.538. The predicted octanol–water partition coefficient (Wildman–Crippen LogP) is 4.12. The van der Waals surface area contributed by atoms with Crippen molar-refractivity contribution in [3.05, 3.63) is 84.7 Å². The molecule has 0 unspecified atom stereocenters. The van der Waals surface area contributed by atoms with Crippen molar-refractivity contribution in [3.8, 4) is 11.1 Å². The fraction of sp³-hybridized carbons (Fsp3) is 0.217. The summed E-state index contributed by atoms with van der Waals surface area (Å²) in [4.78, 5) is 0.250. The smallest absolute Gasteiger partial charge is 0.223 e. The summed E-state index contributed by atoms with van der Waals surface area (Å²) >= 11 is 0. The van der Waals surface area contributed by atoms with Gasteiger partial charge in [-0.25, -0.2) is 21.2 Å². The highest BCUT2D eigenvalue weighted by Crippen LogP contribution is 2.29. The lowest BCUT2D eigenvalue weighted by atomic mass is 10.1. The number of sulfonamides is 1. The second-order valence-corrected chi connectivity index (χ2v) is 11.7. The Morgan fingerprint density at radius 2 is 1.32 bits per heavy atom. The number of hydrogen-bond donors (Lipinski definition) is 0. The molecule has 0 aromatic heterocycles. The first-order valence-electron chi connectivity index (χ1n) is 9.93. The molecule has 1 fully saturated rings. The second kappa shape index (κ2) is 8.53. The maximum atomic E-state index is 13.2. The van der Waals surface area contributed by atoms with Crippen molar-refractivity contribution in [1.82, 2.24) is 4.31 Å². The van der Waals surface area contributed by atoms with Crippen molar-refractivity contribution in [2.75, 3.05) is 13.1 Å². The van der Waals surface area contributed by atoms with Crippen LogP contribution in [0.15, 0.2) is 88.7 Å². The average molecular weight is 460 g/mol. The van der Waals surface area contributed by atoms with Crippen molar-refractivity contribution < 1.29 is 21.2 Å². The predicted molar refractivity (Wildman–Crippen MR) is 117 cm³/mol. The Labute approximate surface area is 182 Å². The molecule has 3 aromatic carbocycles. The lowest BCUT2D eigenvalue weighted by molar-refractivity contribution is 0.345. The molecule has 0 amide bonds. The Morgan fingerprint density at radius 1 is 0.710 bits per heavy atom. The maximum absolute atomic E-state index is 13.2. The Hall–Kier alpha value is -2.55. The first-order valence-corrected chi connectivity index (χ1v) is 12.9. The topological polar surface area (TPSA) is 71.5 Å². The van der Waals surface area contributed by atoms with Gasteiger partial charge in [-0.15, -0.1) is 0 Å². The molecule has 0 atom stereocenters. The minimum absolute atomic E-state index is 0.0609. The number of piperidine rings is 1. The molecule has 0 saturated carbocycles. The van der Waals surface area contributed by atoms with Crippen molar-refractivity contribution in [2.24, 2.45) is 0 Å². The summed E-state index contributed by atoms with van der Waals surface area (Å²) in [5.74, 6) is -0.502. The monoisotopic (exact) mass is 459 g/mol. The molecule has 5 nitrogen and oxygen atoms in total. The highest BCUT2D eigenvalue weighted by molar-refractivity contribution is 7.92. The van der Waals surface area contributed by atoms with Gasteiger partial charge in [0.15, 0.2) is 9.84 Å². The molecule has 1 heterocycles. The normalized spacial score (nSPS) is 16.3. The standard InChI is InChI=1S/C23H22FNO4S2/c24-20-9-11-21(12-10-20)30(26,27)22-13-15-25(16-14-22)31(28,29)23-8-4-7-19(17-23)18-5-2-1-3-6-18/h1-12,17,22H,13-16H2. The van der Waals surface area contributed by atoms with E-state index in [0.717, 1.165) is 23.3 Å². The van der Waals surface area contributed by atoms with Gasteiger partial charge in [0.2, 0.25) is 10.0 Å². The van der Waals surface area contributed by atoms with Gasteiger partial charge in [-0.3, -0.25) is 0 Å². The van der Waals surface area contributed by atoms with E-state index in [4.69, 9.17) is 0 Å². The van der Waals surface area contributed by atoms with Crippen LogP contribution >= 0.6 is 0 Å². The number of halogens is 1. The van der Waals surface area contributed by atoms with Gasteiger partial charge in [-0.2, -0.15) is 4.31 Å². The van der Waals surface area contributed by atoms with Gasteiger partial charge in [0, 0.05) is 13.1 Å². The molecule has 3 aromatic rings. The van der Waals surface area contributed by atoms with Crippen LogP contribution in [0.5, 0.6) is 0 Å². The fourth-order valence-electron chi connectivity index (χ4n) is 3.82. The summed E-state index contributed by atoms with van der Waals surface area (Å²) in [5, 5.41) is -0.694. The van der Waals surface area contributed by atoms with Crippen LogP contribution in [0.25, 0.3) is 11.1 Å². The summed E-state index contributed by atoms with van der Waals surface area (Å²) in [6.45, 7) is 0.228. The van der Waals surface area contributed by atoms with Crippen LogP contribution in [0.3, 0.4) is 0 Å². The number of sulfone groups is 1. The molecule has 31 heavy (non-hydrogen) atoms. The summed E-state index contributed by atoms with van der Waals surface area (Å²) < 4.78 is 66.5. The van der Waals surface area contributed by atoms with Crippen LogP contribution in [0.1, 0.15) is 12.8 Å². The first kappa shape index (κ1) is 21.7. The Balaban J connectivity index is 1.51. The maximum Gasteiger partial charge on any atom is 0.243 e. The van der Waals surface area contributed by atoms with Gasteiger partial charge < -0.3 is 0 Å². The molecule has 1 saturated heterocycles. The van der Waals surface area contributed by atoms with Crippen LogP contribution in [-0.2, 0) is 19.9 Å². The molecule has 4 rings (SSSR count). The third kappa shape index (κ3) is 4.42. The van der Waals surface area contributed by atoms with Crippen molar-refractivity contribution in [1.29, 1.82) is 0 Å². The summed E-state index contributed by atoms with van der Waals surface area (Å²) in [6, 6.07) is 21.0. The Morgan fingerprint density at radius 3 is 1.97 bits per heavy atom. The summed E-state index contributed by atoms with van der Waals surface area (Å²) in [6.07, 6.45) is 0.384. The Kier molecular flexibility index (Phi) is 5.96. The third-order valence-electron chi connectivity index (χ3n) is 5.56. The minimum atomic E-state index is -3.74. The van der Waals surface area contributed by atoms with Crippen molar-refractivity contribution in [2.45, 2.75) is 27.9 Å². The van der Waals surface area contributed by atoms with Gasteiger partial charge in [0.25, 0.3) is 0 Å². The SMILES string of the molecule is O=S(=O)(c1ccc(F)cc1)C1CCN(S(=O)(=O)c2cccc(-c3ccccc3)c2)CC1. The average Bonchev–Trinajstić information content (AvgIpc) is 2.80. The highest BCUT2D eigenvalue weighted by Gasteiger charge is 2.35. The molecule has 0 radical (unpaired) electrons. The van der Waals surface area contributed by atoms with Gasteiger partial charge in [-0.1, -0.05) is 42.5 Å². The van der Waals surface area contributed by atoms with E-state index in [1.165, 1.54) is 16.4 Å². The zero-order chi connectivity index (χ0) is 22.1. The molecular weight excluding hydrogens is 437 g/mol. The fourth-order valence-corrected chi connectivity index (χ4v) is 7.06. The first-order chi connectivity index (χ1) is 14.8. The van der Waals surface area contributed by atoms with E-state index in [-0.39, 0.29) is 35.7 Å². The van der Waals surface area contributed by atoms with Crippen LogP contribution in [0.2, 0.25) is 0 Å². The molecule has 1 aliphatic rings.